The first-order valence-electron chi connectivity index (χ1n) is 10.7. The Hall–Kier alpha value is -2.57. The largest absolute Gasteiger partial charge is 0.465 e. The molecule has 0 unspecified atom stereocenters. The zero-order valence-electron chi connectivity index (χ0n) is 18.2. The monoisotopic (exact) mass is 473 g/mol. The van der Waals surface area contributed by atoms with Crippen molar-refractivity contribution in [3.05, 3.63) is 58.1 Å². The highest BCUT2D eigenvalue weighted by molar-refractivity contribution is 6.35. The van der Waals surface area contributed by atoms with Crippen molar-refractivity contribution in [1.29, 1.82) is 0 Å². The first kappa shape index (κ1) is 22.6. The zero-order valence-corrected chi connectivity index (χ0v) is 19.7. The lowest BCUT2D eigenvalue weighted by Gasteiger charge is -2.38. The number of hydrogen-bond acceptors (Lipinski definition) is 4. The third-order valence-electron chi connectivity index (χ3n) is 5.70. The molecule has 0 saturated heterocycles. The molecule has 0 bridgehead atoms. The van der Waals surface area contributed by atoms with Crippen LogP contribution < -0.4 is 4.90 Å². The molecular formula is C24H25Cl2N3O3. The van der Waals surface area contributed by atoms with Gasteiger partial charge >= 0.3 is 5.97 Å². The van der Waals surface area contributed by atoms with Crippen LogP contribution in [0.4, 0.5) is 5.95 Å². The number of para-hydroxylation sites is 2. The van der Waals surface area contributed by atoms with Crippen molar-refractivity contribution in [3.8, 4) is 0 Å². The molecule has 8 heteroatoms. The molecule has 0 saturated carbocycles. The van der Waals surface area contributed by atoms with Gasteiger partial charge in [-0.2, -0.15) is 0 Å². The van der Waals surface area contributed by atoms with Gasteiger partial charge in [0.1, 0.15) is 0 Å². The van der Waals surface area contributed by atoms with E-state index >= 15 is 0 Å². The summed E-state index contributed by atoms with van der Waals surface area (Å²) in [4.78, 5) is 33.3. The first-order chi connectivity index (χ1) is 15.3. The molecule has 0 radical (unpaired) electrons. The normalized spacial score (nSPS) is 18.3. The van der Waals surface area contributed by atoms with Crippen molar-refractivity contribution in [3.63, 3.8) is 0 Å². The average Bonchev–Trinajstić information content (AvgIpc) is 3.12. The van der Waals surface area contributed by atoms with Crippen LogP contribution in [0, 0.1) is 11.8 Å². The summed E-state index contributed by atoms with van der Waals surface area (Å²) < 4.78 is 7.29. The van der Waals surface area contributed by atoms with Crippen molar-refractivity contribution < 1.29 is 14.3 Å². The molecule has 0 fully saturated rings. The Morgan fingerprint density at radius 3 is 2.62 bits per heavy atom. The summed E-state index contributed by atoms with van der Waals surface area (Å²) in [6, 6.07) is 12.0. The number of halogens is 2. The minimum absolute atomic E-state index is 0.174. The lowest BCUT2D eigenvalue weighted by molar-refractivity contribution is -0.153. The van der Waals surface area contributed by atoms with Gasteiger partial charge in [0, 0.05) is 16.6 Å². The maximum Gasteiger partial charge on any atom is 0.321 e. The lowest BCUT2D eigenvalue weighted by Crippen LogP contribution is -2.50. The molecule has 3 aromatic rings. The number of nitrogens with zero attached hydrogens (tertiary/aromatic N) is 3. The Bertz CT molecular complexity index is 1170. The standard InChI is InChI=1S/C24H25Cl2N3O3/c1-4-32-23(31)20-21(16-10-9-15(25)13-17(16)26)29-19-8-6-5-7-18(19)27-24(29)28(22(20)30)12-11-14(2)3/h5-10,13-14,20-21H,4,11-12H2,1-3H3/t20-,21-/m1/s1. The summed E-state index contributed by atoms with van der Waals surface area (Å²) in [5, 5.41) is 0.854. The zero-order chi connectivity index (χ0) is 23.0. The van der Waals surface area contributed by atoms with Gasteiger partial charge in [-0.25, -0.2) is 4.98 Å². The molecule has 168 valence electrons. The molecule has 0 N–H and O–H groups in total. The molecule has 1 aliphatic rings. The smallest absolute Gasteiger partial charge is 0.321 e. The molecular weight excluding hydrogens is 449 g/mol. The SMILES string of the molecule is CCOC(=O)[C@H]1C(=O)N(CCC(C)C)c2nc3ccccc3n2[C@@H]1c1ccc(Cl)cc1Cl. The molecule has 0 spiro atoms. The van der Waals surface area contributed by atoms with Crippen LogP contribution in [0.2, 0.25) is 10.0 Å². The van der Waals surface area contributed by atoms with E-state index in [0.717, 1.165) is 17.5 Å². The van der Waals surface area contributed by atoms with Gasteiger partial charge in [-0.05, 0) is 49.1 Å². The van der Waals surface area contributed by atoms with Gasteiger partial charge in [-0.15, -0.1) is 0 Å². The van der Waals surface area contributed by atoms with Crippen LogP contribution in [-0.4, -0.2) is 34.6 Å². The minimum atomic E-state index is -1.09. The number of benzene rings is 2. The number of esters is 1. The summed E-state index contributed by atoms with van der Waals surface area (Å²) in [6.07, 6.45) is 0.775. The summed E-state index contributed by atoms with van der Waals surface area (Å²) in [7, 11) is 0. The summed E-state index contributed by atoms with van der Waals surface area (Å²) in [5.41, 5.74) is 2.18. The number of rotatable bonds is 6. The third-order valence-corrected chi connectivity index (χ3v) is 6.26. The van der Waals surface area contributed by atoms with Crippen molar-refractivity contribution in [2.24, 2.45) is 11.8 Å². The van der Waals surface area contributed by atoms with E-state index in [-0.39, 0.29) is 12.5 Å². The fraction of sp³-hybridized carbons (Fsp3) is 0.375. The van der Waals surface area contributed by atoms with Crippen molar-refractivity contribution in [2.45, 2.75) is 33.2 Å². The number of hydrogen-bond donors (Lipinski definition) is 0. The number of anilines is 1. The van der Waals surface area contributed by atoms with E-state index in [1.165, 1.54) is 0 Å². The Morgan fingerprint density at radius 1 is 1.19 bits per heavy atom. The van der Waals surface area contributed by atoms with E-state index in [1.54, 1.807) is 30.0 Å². The van der Waals surface area contributed by atoms with E-state index in [0.29, 0.717) is 34.0 Å². The van der Waals surface area contributed by atoms with E-state index in [4.69, 9.17) is 32.9 Å². The second kappa shape index (κ2) is 9.12. The molecule has 1 aromatic heterocycles. The highest BCUT2D eigenvalue weighted by atomic mass is 35.5. The number of aromatic nitrogens is 2. The molecule has 1 aliphatic heterocycles. The van der Waals surface area contributed by atoms with Crippen LogP contribution >= 0.6 is 23.2 Å². The van der Waals surface area contributed by atoms with E-state index in [2.05, 4.69) is 13.8 Å². The van der Waals surface area contributed by atoms with Crippen molar-refractivity contribution >= 4 is 52.1 Å². The fourth-order valence-corrected chi connectivity index (χ4v) is 4.69. The average molecular weight is 474 g/mol. The second-order valence-corrected chi connectivity index (χ2v) is 9.13. The molecule has 32 heavy (non-hydrogen) atoms. The summed E-state index contributed by atoms with van der Waals surface area (Å²) in [5.74, 6) is -1.11. The number of carbonyl (C=O) groups excluding carboxylic acids is 2. The van der Waals surface area contributed by atoms with Gasteiger partial charge < -0.3 is 9.30 Å². The topological polar surface area (TPSA) is 64.4 Å². The Labute approximate surface area is 197 Å². The van der Waals surface area contributed by atoms with Crippen LogP contribution in [0.25, 0.3) is 11.0 Å². The van der Waals surface area contributed by atoms with Gasteiger partial charge in [0.2, 0.25) is 11.9 Å². The van der Waals surface area contributed by atoms with Crippen LogP contribution in [0.15, 0.2) is 42.5 Å². The second-order valence-electron chi connectivity index (χ2n) is 8.28. The summed E-state index contributed by atoms with van der Waals surface area (Å²) in [6.45, 7) is 6.54. The maximum absolute atomic E-state index is 13.8. The van der Waals surface area contributed by atoms with Crippen LogP contribution in [0.3, 0.4) is 0 Å². The number of imidazole rings is 1. The molecule has 2 aromatic carbocycles. The Morgan fingerprint density at radius 2 is 1.94 bits per heavy atom. The molecule has 4 rings (SSSR count). The fourth-order valence-electron chi connectivity index (χ4n) is 4.17. The van der Waals surface area contributed by atoms with E-state index < -0.39 is 17.9 Å². The van der Waals surface area contributed by atoms with Crippen molar-refractivity contribution in [1.82, 2.24) is 9.55 Å². The van der Waals surface area contributed by atoms with E-state index in [9.17, 15) is 9.59 Å². The molecule has 6 nitrogen and oxygen atoms in total. The highest BCUT2D eigenvalue weighted by Gasteiger charge is 2.48. The molecule has 1 amide bonds. The third kappa shape index (κ3) is 3.97. The molecule has 2 atom stereocenters. The predicted octanol–water partition coefficient (Wildman–Crippen LogP) is 5.50. The molecule has 0 aliphatic carbocycles. The number of amides is 1. The highest BCUT2D eigenvalue weighted by Crippen LogP contribution is 2.43. The lowest BCUT2D eigenvalue weighted by atomic mass is 9.89. The van der Waals surface area contributed by atoms with Crippen molar-refractivity contribution in [2.75, 3.05) is 18.1 Å². The predicted molar refractivity (Wildman–Crippen MR) is 126 cm³/mol. The number of ether oxygens (including phenoxy) is 1. The maximum atomic E-state index is 13.8. The number of carbonyl (C=O) groups is 2. The first-order valence-corrected chi connectivity index (χ1v) is 11.5. The quantitative estimate of drug-likeness (QED) is 0.349. The van der Waals surface area contributed by atoms with Crippen LogP contribution in [0.5, 0.6) is 0 Å². The van der Waals surface area contributed by atoms with Gasteiger partial charge in [0.15, 0.2) is 5.92 Å². The van der Waals surface area contributed by atoms with Gasteiger partial charge in [-0.1, -0.05) is 55.2 Å². The molecule has 2 heterocycles. The van der Waals surface area contributed by atoms with E-state index in [1.807, 2.05) is 28.8 Å². The Kier molecular flexibility index (Phi) is 6.45. The minimum Gasteiger partial charge on any atom is -0.465 e. The van der Waals surface area contributed by atoms with Gasteiger partial charge in [0.25, 0.3) is 0 Å². The van der Waals surface area contributed by atoms with Crippen LogP contribution in [0.1, 0.15) is 38.8 Å². The Balaban J connectivity index is 1.99. The summed E-state index contributed by atoms with van der Waals surface area (Å²) >= 11 is 12.7. The number of fused-ring (bicyclic) bond motifs is 3. The van der Waals surface area contributed by atoms with Gasteiger partial charge in [-0.3, -0.25) is 14.5 Å². The van der Waals surface area contributed by atoms with Gasteiger partial charge in [0.05, 0.1) is 23.7 Å². The van der Waals surface area contributed by atoms with Crippen LogP contribution in [-0.2, 0) is 14.3 Å².